The zero-order valence-electron chi connectivity index (χ0n) is 17.2. The van der Waals surface area contributed by atoms with Gasteiger partial charge in [0.1, 0.15) is 0 Å². The van der Waals surface area contributed by atoms with Crippen molar-refractivity contribution >= 4 is 0 Å². The van der Waals surface area contributed by atoms with Gasteiger partial charge in [-0.2, -0.15) is 0 Å². The van der Waals surface area contributed by atoms with Gasteiger partial charge in [-0.25, -0.2) is 0 Å². The summed E-state index contributed by atoms with van der Waals surface area (Å²) in [6, 6.07) is 10.7. The van der Waals surface area contributed by atoms with Crippen molar-refractivity contribution in [1.29, 1.82) is 0 Å². The maximum Gasteiger partial charge on any atom is 0.231 e. The molecule has 2 aromatic carbocycles. The van der Waals surface area contributed by atoms with Crippen LogP contribution in [0.1, 0.15) is 36.6 Å². The summed E-state index contributed by atoms with van der Waals surface area (Å²) >= 11 is 0. The molecule has 2 heterocycles. The summed E-state index contributed by atoms with van der Waals surface area (Å²) in [5.74, 6) is 3.92. The van der Waals surface area contributed by atoms with E-state index in [2.05, 4.69) is 36.9 Å². The minimum Gasteiger partial charge on any atom is -0.493 e. The van der Waals surface area contributed by atoms with Crippen molar-refractivity contribution in [3.8, 4) is 23.0 Å². The average Bonchev–Trinajstić information content (AvgIpc) is 3.15. The van der Waals surface area contributed by atoms with Crippen molar-refractivity contribution in [2.75, 3.05) is 34.1 Å². The highest BCUT2D eigenvalue weighted by Gasteiger charge is 2.31. The molecule has 1 unspecified atom stereocenters. The maximum absolute atomic E-state index is 5.70. The zero-order valence-corrected chi connectivity index (χ0v) is 17.2. The number of hydrogen-bond donors (Lipinski definition) is 0. The van der Waals surface area contributed by atoms with E-state index in [-0.39, 0.29) is 6.04 Å². The molecule has 0 aliphatic carbocycles. The van der Waals surface area contributed by atoms with Gasteiger partial charge in [-0.05, 0) is 53.6 Å². The van der Waals surface area contributed by atoms with Crippen LogP contribution in [-0.2, 0) is 12.8 Å². The second-order valence-corrected chi connectivity index (χ2v) is 7.92. The van der Waals surface area contributed by atoms with Crippen LogP contribution in [0.2, 0.25) is 0 Å². The lowest BCUT2D eigenvalue weighted by Crippen LogP contribution is -2.39. The van der Waals surface area contributed by atoms with Gasteiger partial charge in [-0.3, -0.25) is 4.90 Å². The Morgan fingerprint density at radius 3 is 2.61 bits per heavy atom. The minimum absolute atomic E-state index is 0.265. The van der Waals surface area contributed by atoms with Gasteiger partial charge in [-0.1, -0.05) is 26.0 Å². The van der Waals surface area contributed by atoms with Crippen LogP contribution < -0.4 is 18.9 Å². The molecular formula is C23H29NO4. The molecule has 0 fully saturated rings. The predicted octanol–water partition coefficient (Wildman–Crippen LogP) is 4.23. The highest BCUT2D eigenvalue weighted by molar-refractivity contribution is 5.52. The first-order valence-corrected chi connectivity index (χ1v) is 9.97. The molecule has 5 nitrogen and oxygen atoms in total. The molecule has 4 rings (SSSR count). The van der Waals surface area contributed by atoms with Crippen LogP contribution >= 0.6 is 0 Å². The van der Waals surface area contributed by atoms with Crippen LogP contribution in [0.5, 0.6) is 23.0 Å². The Bertz CT molecular complexity index is 849. The average molecular weight is 383 g/mol. The normalized spacial score (nSPS) is 18.2. The van der Waals surface area contributed by atoms with E-state index in [9.17, 15) is 0 Å². The molecule has 28 heavy (non-hydrogen) atoms. The Morgan fingerprint density at radius 2 is 1.89 bits per heavy atom. The summed E-state index contributed by atoms with van der Waals surface area (Å²) < 4.78 is 22.5. The van der Waals surface area contributed by atoms with Crippen molar-refractivity contribution in [3.63, 3.8) is 0 Å². The quantitative estimate of drug-likeness (QED) is 0.747. The van der Waals surface area contributed by atoms with Crippen LogP contribution in [0.4, 0.5) is 0 Å². The van der Waals surface area contributed by atoms with E-state index in [0.29, 0.717) is 12.7 Å². The van der Waals surface area contributed by atoms with Gasteiger partial charge in [0, 0.05) is 19.1 Å². The second-order valence-electron chi connectivity index (χ2n) is 7.92. The van der Waals surface area contributed by atoms with Crippen molar-refractivity contribution in [2.24, 2.45) is 5.92 Å². The molecule has 0 saturated carbocycles. The van der Waals surface area contributed by atoms with E-state index in [1.165, 1.54) is 11.1 Å². The second kappa shape index (κ2) is 7.92. The number of benzene rings is 2. The fourth-order valence-corrected chi connectivity index (χ4v) is 4.39. The molecule has 0 bridgehead atoms. The number of hydrogen-bond acceptors (Lipinski definition) is 5. The minimum atomic E-state index is 0.265. The van der Waals surface area contributed by atoms with E-state index in [1.807, 2.05) is 12.1 Å². The van der Waals surface area contributed by atoms with Gasteiger partial charge in [0.25, 0.3) is 0 Å². The van der Waals surface area contributed by atoms with Crippen LogP contribution in [-0.4, -0.2) is 39.0 Å². The van der Waals surface area contributed by atoms with Gasteiger partial charge in [0.2, 0.25) is 6.79 Å². The third-order valence-electron chi connectivity index (χ3n) is 5.60. The molecule has 2 aliphatic heterocycles. The molecule has 0 N–H and O–H groups in total. The molecule has 5 heteroatoms. The highest BCUT2D eigenvalue weighted by atomic mass is 16.7. The SMILES string of the molecule is COc1cccc(CC2c3cc4c(cc3CCN2CC(C)C)OCO4)c1OC. The van der Waals surface area contributed by atoms with E-state index in [4.69, 9.17) is 18.9 Å². The molecular weight excluding hydrogens is 354 g/mol. The highest BCUT2D eigenvalue weighted by Crippen LogP contribution is 2.43. The Morgan fingerprint density at radius 1 is 1.11 bits per heavy atom. The number of ether oxygens (including phenoxy) is 4. The van der Waals surface area contributed by atoms with E-state index in [0.717, 1.165) is 54.5 Å². The van der Waals surface area contributed by atoms with Gasteiger partial charge < -0.3 is 18.9 Å². The Labute approximate surface area is 167 Å². The Kier molecular flexibility index (Phi) is 5.36. The molecule has 0 aromatic heterocycles. The van der Waals surface area contributed by atoms with Crippen LogP contribution in [0.25, 0.3) is 0 Å². The lowest BCUT2D eigenvalue weighted by Gasteiger charge is -2.39. The van der Waals surface area contributed by atoms with Crippen molar-refractivity contribution in [1.82, 2.24) is 4.90 Å². The monoisotopic (exact) mass is 383 g/mol. The summed E-state index contributed by atoms with van der Waals surface area (Å²) in [6.07, 6.45) is 1.89. The topological polar surface area (TPSA) is 40.2 Å². The van der Waals surface area contributed by atoms with Crippen LogP contribution in [0, 0.1) is 5.92 Å². The number of nitrogens with zero attached hydrogens (tertiary/aromatic N) is 1. The first-order valence-electron chi connectivity index (χ1n) is 9.97. The molecule has 150 valence electrons. The van der Waals surface area contributed by atoms with Gasteiger partial charge in [0.05, 0.1) is 14.2 Å². The van der Waals surface area contributed by atoms with Gasteiger partial charge in [-0.15, -0.1) is 0 Å². The third kappa shape index (κ3) is 3.51. The van der Waals surface area contributed by atoms with Crippen LogP contribution in [0.3, 0.4) is 0 Å². The fourth-order valence-electron chi connectivity index (χ4n) is 4.39. The summed E-state index contributed by atoms with van der Waals surface area (Å²) in [5.41, 5.74) is 3.85. The summed E-state index contributed by atoms with van der Waals surface area (Å²) in [5, 5.41) is 0. The molecule has 0 amide bonds. The lowest BCUT2D eigenvalue weighted by molar-refractivity contribution is 0.162. The molecule has 0 radical (unpaired) electrons. The van der Waals surface area contributed by atoms with Crippen LogP contribution in [0.15, 0.2) is 30.3 Å². The predicted molar refractivity (Wildman–Crippen MR) is 109 cm³/mol. The molecule has 0 spiro atoms. The molecule has 2 aliphatic rings. The smallest absolute Gasteiger partial charge is 0.231 e. The van der Waals surface area contributed by atoms with E-state index >= 15 is 0 Å². The number of methoxy groups -OCH3 is 2. The maximum atomic E-state index is 5.70. The van der Waals surface area contributed by atoms with Gasteiger partial charge in [0.15, 0.2) is 23.0 Å². The zero-order chi connectivity index (χ0) is 19.7. The first kappa shape index (κ1) is 18.9. The number of rotatable bonds is 6. The summed E-state index contributed by atoms with van der Waals surface area (Å²) in [7, 11) is 3.39. The number of para-hydroxylation sites is 1. The molecule has 2 aromatic rings. The van der Waals surface area contributed by atoms with Crippen molar-refractivity contribution in [3.05, 3.63) is 47.0 Å². The van der Waals surface area contributed by atoms with Gasteiger partial charge >= 0.3 is 0 Å². The largest absolute Gasteiger partial charge is 0.493 e. The van der Waals surface area contributed by atoms with E-state index < -0.39 is 0 Å². The Balaban J connectivity index is 1.74. The summed E-state index contributed by atoms with van der Waals surface area (Å²) in [4.78, 5) is 2.59. The fraction of sp³-hybridized carbons (Fsp3) is 0.478. The number of fused-ring (bicyclic) bond motifs is 2. The lowest BCUT2D eigenvalue weighted by atomic mass is 9.87. The van der Waals surface area contributed by atoms with Crippen molar-refractivity contribution in [2.45, 2.75) is 32.7 Å². The Hall–Kier alpha value is -2.40. The van der Waals surface area contributed by atoms with E-state index in [1.54, 1.807) is 14.2 Å². The summed E-state index contributed by atoms with van der Waals surface area (Å²) in [6.45, 7) is 6.96. The molecule has 0 saturated heterocycles. The standard InChI is InChI=1S/C23H29NO4/c1-15(2)13-24-9-8-16-11-21-22(28-14-27-21)12-18(16)19(24)10-17-6-5-7-20(25-3)23(17)26-4/h5-7,11-12,15,19H,8-10,13-14H2,1-4H3. The third-order valence-corrected chi connectivity index (χ3v) is 5.60. The molecule has 1 atom stereocenters. The first-order chi connectivity index (χ1) is 13.6. The van der Waals surface area contributed by atoms with Crippen molar-refractivity contribution < 1.29 is 18.9 Å².